The van der Waals surface area contributed by atoms with E-state index >= 15 is 0 Å². The van der Waals surface area contributed by atoms with E-state index in [1.54, 1.807) is 12.1 Å². The van der Waals surface area contributed by atoms with Crippen LogP contribution in [0.3, 0.4) is 0 Å². The van der Waals surface area contributed by atoms with E-state index in [1.165, 1.54) is 6.07 Å². The summed E-state index contributed by atoms with van der Waals surface area (Å²) in [6, 6.07) is 9.21. The number of halogens is 3. The van der Waals surface area contributed by atoms with Crippen LogP contribution in [-0.2, 0) is 19.1 Å². The molecule has 2 N–H and O–H groups in total. The van der Waals surface area contributed by atoms with Gasteiger partial charge in [0, 0.05) is 19.2 Å². The van der Waals surface area contributed by atoms with Gasteiger partial charge in [-0.3, -0.25) is 9.59 Å². The van der Waals surface area contributed by atoms with Crippen LogP contribution in [0.25, 0.3) is 5.69 Å². The van der Waals surface area contributed by atoms with Gasteiger partial charge in [0.15, 0.2) is 0 Å². The molecule has 160 valence electrons. The molecule has 1 amide bonds. The van der Waals surface area contributed by atoms with Crippen LogP contribution >= 0.6 is 0 Å². The minimum Gasteiger partial charge on any atom is -0.493 e. The molecule has 7 nitrogen and oxygen atoms in total. The van der Waals surface area contributed by atoms with Gasteiger partial charge in [0.1, 0.15) is 11.3 Å². The quantitative estimate of drug-likeness (QED) is 0.664. The predicted molar refractivity (Wildman–Crippen MR) is 104 cm³/mol. The van der Waals surface area contributed by atoms with Crippen molar-refractivity contribution in [1.29, 1.82) is 0 Å². The topological polar surface area (TPSA) is 93.2 Å². The summed E-state index contributed by atoms with van der Waals surface area (Å²) >= 11 is 0. The maximum Gasteiger partial charge on any atom is 0.416 e. The zero-order valence-corrected chi connectivity index (χ0v) is 16.0. The van der Waals surface area contributed by atoms with Crippen LogP contribution in [0.5, 0.6) is 5.75 Å². The predicted octanol–water partition coefficient (Wildman–Crippen LogP) is 2.41. The summed E-state index contributed by atoms with van der Waals surface area (Å²) in [5, 5.41) is 2.59. The van der Waals surface area contributed by atoms with Gasteiger partial charge >= 0.3 is 11.9 Å². The Bertz CT molecular complexity index is 1280. The molecule has 0 saturated carbocycles. The number of ether oxygens (including phenoxy) is 1. The largest absolute Gasteiger partial charge is 0.493 e. The minimum absolute atomic E-state index is 0.119. The molecule has 1 aliphatic heterocycles. The van der Waals surface area contributed by atoms with E-state index in [0.717, 1.165) is 41.6 Å². The lowest BCUT2D eigenvalue weighted by atomic mass is 10.1. The lowest BCUT2D eigenvalue weighted by molar-refractivity contribution is -0.137. The van der Waals surface area contributed by atoms with Gasteiger partial charge in [-0.05, 0) is 35.4 Å². The summed E-state index contributed by atoms with van der Waals surface area (Å²) < 4.78 is 44.9. The molecule has 0 spiro atoms. The number of carbonyl (C=O) groups is 1. The van der Waals surface area contributed by atoms with E-state index in [-0.39, 0.29) is 12.2 Å². The standard InChI is InChI=1S/C21H16F3N3O4/c22-21(23,24)14-2-1-3-15(9-14)27-19(29)16(11-26-20(27)30)18(28)25-10-12-4-5-17-13(8-12)6-7-31-17/h1-5,8-9,11H,6-7,10H2,(H,25,28)(H,26,30). The smallest absolute Gasteiger partial charge is 0.416 e. The van der Waals surface area contributed by atoms with Crippen LogP contribution in [0.15, 0.2) is 58.3 Å². The van der Waals surface area contributed by atoms with Gasteiger partial charge in [-0.25, -0.2) is 9.36 Å². The van der Waals surface area contributed by atoms with Crippen molar-refractivity contribution in [2.75, 3.05) is 6.61 Å². The zero-order chi connectivity index (χ0) is 22.2. The third kappa shape index (κ3) is 4.09. The Labute approximate surface area is 173 Å². The number of aromatic nitrogens is 2. The molecule has 0 atom stereocenters. The van der Waals surface area contributed by atoms with Crippen molar-refractivity contribution in [2.45, 2.75) is 19.1 Å². The van der Waals surface area contributed by atoms with E-state index in [9.17, 15) is 27.6 Å². The van der Waals surface area contributed by atoms with Crippen LogP contribution in [-0.4, -0.2) is 22.1 Å². The van der Waals surface area contributed by atoms with Crippen LogP contribution in [0, 0.1) is 0 Å². The summed E-state index contributed by atoms with van der Waals surface area (Å²) in [7, 11) is 0. The summed E-state index contributed by atoms with van der Waals surface area (Å²) in [5.74, 6) is 0.0263. The highest BCUT2D eigenvalue weighted by Gasteiger charge is 2.31. The van der Waals surface area contributed by atoms with E-state index in [2.05, 4.69) is 10.3 Å². The number of rotatable bonds is 4. The van der Waals surface area contributed by atoms with Gasteiger partial charge in [-0.1, -0.05) is 18.2 Å². The van der Waals surface area contributed by atoms with Crippen molar-refractivity contribution < 1.29 is 22.7 Å². The van der Waals surface area contributed by atoms with Gasteiger partial charge in [0.05, 0.1) is 17.9 Å². The number of hydrogen-bond donors (Lipinski definition) is 2. The van der Waals surface area contributed by atoms with E-state index in [4.69, 9.17) is 4.74 Å². The average molecular weight is 431 g/mol. The Morgan fingerprint density at radius 2 is 1.97 bits per heavy atom. The highest BCUT2D eigenvalue weighted by molar-refractivity contribution is 5.93. The van der Waals surface area contributed by atoms with Crippen LogP contribution in [0.1, 0.15) is 27.0 Å². The fourth-order valence-corrected chi connectivity index (χ4v) is 3.32. The van der Waals surface area contributed by atoms with E-state index in [0.29, 0.717) is 17.2 Å². The van der Waals surface area contributed by atoms with E-state index < -0.39 is 34.5 Å². The number of nitrogens with zero attached hydrogens (tertiary/aromatic N) is 1. The van der Waals surface area contributed by atoms with Crippen molar-refractivity contribution in [2.24, 2.45) is 0 Å². The Balaban J connectivity index is 1.61. The average Bonchev–Trinajstić information content (AvgIpc) is 3.20. The van der Waals surface area contributed by atoms with Gasteiger partial charge in [0.25, 0.3) is 11.5 Å². The highest BCUT2D eigenvalue weighted by Crippen LogP contribution is 2.30. The molecule has 0 unspecified atom stereocenters. The van der Waals surface area contributed by atoms with E-state index in [1.807, 2.05) is 6.07 Å². The molecule has 0 saturated heterocycles. The number of benzene rings is 2. The first kappa shape index (κ1) is 20.5. The SMILES string of the molecule is O=C(NCc1ccc2c(c1)CCO2)c1c[nH]c(=O)n(-c2cccc(C(F)(F)F)c2)c1=O. The Kier molecular flexibility index (Phi) is 5.14. The Morgan fingerprint density at radius 1 is 1.16 bits per heavy atom. The van der Waals surface area contributed by atoms with Crippen molar-refractivity contribution in [1.82, 2.24) is 14.9 Å². The van der Waals surface area contributed by atoms with Crippen LogP contribution in [0.4, 0.5) is 13.2 Å². The van der Waals surface area contributed by atoms with Gasteiger partial charge in [-0.15, -0.1) is 0 Å². The Hall–Kier alpha value is -3.82. The summed E-state index contributed by atoms with van der Waals surface area (Å²) in [4.78, 5) is 39.7. The van der Waals surface area contributed by atoms with Gasteiger partial charge in [-0.2, -0.15) is 13.2 Å². The number of hydrogen-bond acceptors (Lipinski definition) is 4. The molecule has 3 aromatic rings. The van der Waals surface area contributed by atoms with Crippen molar-refractivity contribution in [3.05, 3.63) is 91.8 Å². The third-order valence-corrected chi connectivity index (χ3v) is 4.86. The maximum atomic E-state index is 13.0. The van der Waals surface area contributed by atoms with Crippen molar-refractivity contribution >= 4 is 5.91 Å². The normalized spacial score (nSPS) is 12.9. The number of carbonyl (C=O) groups excluding carboxylic acids is 1. The number of aromatic amines is 1. The number of H-pyrrole nitrogens is 1. The van der Waals surface area contributed by atoms with Crippen LogP contribution in [0.2, 0.25) is 0 Å². The number of alkyl halides is 3. The molecule has 0 fully saturated rings. The molecule has 0 radical (unpaired) electrons. The van der Waals surface area contributed by atoms with Crippen molar-refractivity contribution in [3.63, 3.8) is 0 Å². The highest BCUT2D eigenvalue weighted by atomic mass is 19.4. The molecule has 2 aromatic carbocycles. The first-order chi connectivity index (χ1) is 14.7. The molecule has 2 heterocycles. The summed E-state index contributed by atoms with van der Waals surface area (Å²) in [6.07, 6.45) is -2.94. The first-order valence-corrected chi connectivity index (χ1v) is 9.29. The van der Waals surface area contributed by atoms with Crippen LogP contribution < -0.4 is 21.3 Å². The maximum absolute atomic E-state index is 13.0. The molecule has 0 bridgehead atoms. The monoisotopic (exact) mass is 431 g/mol. The molecule has 1 aliphatic rings. The second kappa shape index (κ2) is 7.78. The number of amides is 1. The molecular formula is C21H16F3N3O4. The van der Waals surface area contributed by atoms with Gasteiger partial charge < -0.3 is 15.0 Å². The molecule has 10 heteroatoms. The molecule has 0 aliphatic carbocycles. The van der Waals surface area contributed by atoms with Gasteiger partial charge in [0.2, 0.25) is 0 Å². The third-order valence-electron chi connectivity index (χ3n) is 4.86. The fraction of sp³-hybridized carbons (Fsp3) is 0.190. The summed E-state index contributed by atoms with van der Waals surface area (Å²) in [5.41, 5.74) is -1.90. The minimum atomic E-state index is -4.65. The second-order valence-electron chi connectivity index (χ2n) is 6.92. The van der Waals surface area contributed by atoms with Crippen molar-refractivity contribution in [3.8, 4) is 11.4 Å². The first-order valence-electron chi connectivity index (χ1n) is 9.29. The molecule has 31 heavy (non-hydrogen) atoms. The second-order valence-corrected chi connectivity index (χ2v) is 6.92. The molecule has 4 rings (SSSR count). The Morgan fingerprint density at radius 3 is 2.74 bits per heavy atom. The fourth-order valence-electron chi connectivity index (χ4n) is 3.32. The number of nitrogens with one attached hydrogen (secondary N) is 2. The zero-order valence-electron chi connectivity index (χ0n) is 16.0. The summed E-state index contributed by atoms with van der Waals surface area (Å²) in [6.45, 7) is 0.714. The number of fused-ring (bicyclic) bond motifs is 1. The molecule has 1 aromatic heterocycles. The lowest BCUT2D eigenvalue weighted by Gasteiger charge is -2.11. The lowest BCUT2D eigenvalue weighted by Crippen LogP contribution is -2.39. The molecular weight excluding hydrogens is 415 g/mol.